The van der Waals surface area contributed by atoms with E-state index < -0.39 is 0 Å². The van der Waals surface area contributed by atoms with Crippen LogP contribution in [0.2, 0.25) is 0 Å². The highest BCUT2D eigenvalue weighted by atomic mass is 15.2. The molecule has 0 bridgehead atoms. The molecule has 11 heavy (non-hydrogen) atoms. The highest BCUT2D eigenvalue weighted by molar-refractivity contribution is 4.87. The molecule has 0 aromatic carbocycles. The lowest BCUT2D eigenvalue weighted by Crippen LogP contribution is -2.37. The average molecular weight is 155 g/mol. The summed E-state index contributed by atoms with van der Waals surface area (Å²) in [6, 6.07) is 0. The Labute approximate surface area is 71.1 Å². The van der Waals surface area contributed by atoms with Gasteiger partial charge in [-0.25, -0.2) is 0 Å². The smallest absolute Gasteiger partial charge is 0.0312 e. The topological polar surface area (TPSA) is 3.24 Å². The van der Waals surface area contributed by atoms with Crippen molar-refractivity contribution >= 4 is 0 Å². The Bertz CT molecular complexity index is 119. The van der Waals surface area contributed by atoms with Gasteiger partial charge in [-0.15, -0.1) is 0 Å². The minimum atomic E-state index is 0.266. The molecule has 1 nitrogen and oxygen atoms in total. The summed E-state index contributed by atoms with van der Waals surface area (Å²) < 4.78 is 0. The second-order valence-electron chi connectivity index (χ2n) is 3.85. The Balaban J connectivity index is 4.10. The van der Waals surface area contributed by atoms with Crippen LogP contribution in [-0.2, 0) is 0 Å². The van der Waals surface area contributed by atoms with E-state index in [4.69, 9.17) is 0 Å². The molecule has 0 saturated heterocycles. The van der Waals surface area contributed by atoms with Gasteiger partial charge >= 0.3 is 0 Å². The highest BCUT2D eigenvalue weighted by Gasteiger charge is 2.15. The lowest BCUT2D eigenvalue weighted by molar-refractivity contribution is 0.206. The van der Waals surface area contributed by atoms with Crippen molar-refractivity contribution in [2.75, 3.05) is 6.54 Å². The summed E-state index contributed by atoms with van der Waals surface area (Å²) in [4.78, 5) is 2.37. The van der Waals surface area contributed by atoms with Crippen LogP contribution < -0.4 is 0 Å². The molecule has 0 unspecified atom stereocenters. The Morgan fingerprint density at radius 2 is 1.82 bits per heavy atom. The molecule has 0 aromatic rings. The fourth-order valence-electron chi connectivity index (χ4n) is 1.05. The molecule has 0 N–H and O–H groups in total. The van der Waals surface area contributed by atoms with E-state index in [9.17, 15) is 0 Å². The van der Waals surface area contributed by atoms with E-state index in [0.29, 0.717) is 0 Å². The van der Waals surface area contributed by atoms with Crippen LogP contribution in [0.1, 0.15) is 41.0 Å². The standard InChI is InChI=1S/C10H21N/c1-6-8-11(9-7-2)10(3,4)5/h6,8H,7,9H2,1-5H3/b8-6-. The first-order valence-electron chi connectivity index (χ1n) is 4.42. The van der Waals surface area contributed by atoms with Crippen molar-refractivity contribution in [2.45, 2.75) is 46.6 Å². The first kappa shape index (κ1) is 10.5. The number of rotatable bonds is 3. The summed E-state index contributed by atoms with van der Waals surface area (Å²) in [5.74, 6) is 0. The van der Waals surface area contributed by atoms with E-state index in [1.165, 1.54) is 6.42 Å². The Morgan fingerprint density at radius 1 is 1.27 bits per heavy atom. The van der Waals surface area contributed by atoms with E-state index in [1.54, 1.807) is 0 Å². The van der Waals surface area contributed by atoms with Gasteiger partial charge in [0.05, 0.1) is 0 Å². The molecule has 0 aromatic heterocycles. The predicted molar refractivity (Wildman–Crippen MR) is 51.6 cm³/mol. The van der Waals surface area contributed by atoms with Gasteiger partial charge < -0.3 is 4.90 Å². The van der Waals surface area contributed by atoms with E-state index >= 15 is 0 Å². The third kappa shape index (κ3) is 4.07. The van der Waals surface area contributed by atoms with Crippen molar-refractivity contribution in [2.24, 2.45) is 0 Å². The largest absolute Gasteiger partial charge is 0.373 e. The van der Waals surface area contributed by atoms with Crippen molar-refractivity contribution < 1.29 is 0 Å². The van der Waals surface area contributed by atoms with Crippen LogP contribution in [0.3, 0.4) is 0 Å². The molecular weight excluding hydrogens is 134 g/mol. The van der Waals surface area contributed by atoms with Gasteiger partial charge in [0.15, 0.2) is 0 Å². The Morgan fingerprint density at radius 3 is 2.09 bits per heavy atom. The Hall–Kier alpha value is -0.460. The highest BCUT2D eigenvalue weighted by Crippen LogP contribution is 2.13. The zero-order chi connectivity index (χ0) is 8.91. The zero-order valence-electron chi connectivity index (χ0n) is 8.52. The van der Waals surface area contributed by atoms with Crippen molar-refractivity contribution in [1.82, 2.24) is 4.90 Å². The lowest BCUT2D eigenvalue weighted by atomic mass is 10.1. The van der Waals surface area contributed by atoms with Crippen molar-refractivity contribution in [1.29, 1.82) is 0 Å². The van der Waals surface area contributed by atoms with Gasteiger partial charge in [0, 0.05) is 12.1 Å². The van der Waals surface area contributed by atoms with E-state index in [-0.39, 0.29) is 5.54 Å². The average Bonchev–Trinajstić information content (AvgIpc) is 1.85. The monoisotopic (exact) mass is 155 g/mol. The second kappa shape index (κ2) is 4.42. The van der Waals surface area contributed by atoms with Crippen molar-refractivity contribution in [3.8, 4) is 0 Å². The minimum Gasteiger partial charge on any atom is -0.373 e. The van der Waals surface area contributed by atoms with Crippen LogP contribution in [0, 0.1) is 0 Å². The number of hydrogen-bond donors (Lipinski definition) is 0. The lowest BCUT2D eigenvalue weighted by Gasteiger charge is -2.34. The molecule has 0 spiro atoms. The van der Waals surface area contributed by atoms with E-state index in [2.05, 4.69) is 51.8 Å². The molecule has 0 amide bonds. The van der Waals surface area contributed by atoms with Crippen LogP contribution in [-0.4, -0.2) is 17.0 Å². The third-order valence-electron chi connectivity index (χ3n) is 1.66. The van der Waals surface area contributed by atoms with Gasteiger partial charge in [-0.1, -0.05) is 13.0 Å². The molecule has 0 radical (unpaired) electrons. The summed E-state index contributed by atoms with van der Waals surface area (Å²) in [6.07, 6.45) is 5.48. The Kier molecular flexibility index (Phi) is 4.24. The first-order chi connectivity index (χ1) is 5.02. The van der Waals surface area contributed by atoms with Crippen LogP contribution in [0.25, 0.3) is 0 Å². The molecule has 0 aliphatic rings. The summed E-state index contributed by atoms with van der Waals surface area (Å²) >= 11 is 0. The zero-order valence-corrected chi connectivity index (χ0v) is 8.52. The maximum absolute atomic E-state index is 2.37. The SMILES string of the molecule is C/C=C\N(CCC)C(C)(C)C. The van der Waals surface area contributed by atoms with Crippen LogP contribution >= 0.6 is 0 Å². The van der Waals surface area contributed by atoms with Crippen molar-refractivity contribution in [3.05, 3.63) is 12.3 Å². The fourth-order valence-corrected chi connectivity index (χ4v) is 1.05. The molecule has 0 rings (SSSR count). The van der Waals surface area contributed by atoms with E-state index in [1.807, 2.05) is 0 Å². The molecule has 0 aliphatic carbocycles. The van der Waals surface area contributed by atoms with Gasteiger partial charge in [0.1, 0.15) is 0 Å². The summed E-state index contributed by atoms with van der Waals surface area (Å²) in [6.45, 7) is 12.1. The summed E-state index contributed by atoms with van der Waals surface area (Å²) in [5.41, 5.74) is 0.266. The normalized spacial score (nSPS) is 12.5. The molecule has 66 valence electrons. The number of hydrogen-bond acceptors (Lipinski definition) is 1. The minimum absolute atomic E-state index is 0.266. The second-order valence-corrected chi connectivity index (χ2v) is 3.85. The molecule has 1 heteroatoms. The van der Waals surface area contributed by atoms with Gasteiger partial charge in [-0.3, -0.25) is 0 Å². The molecule has 0 saturated carbocycles. The number of allylic oxidation sites excluding steroid dienone is 1. The predicted octanol–water partition coefficient (Wildman–Crippen LogP) is 3.03. The molecule has 0 fully saturated rings. The summed E-state index contributed by atoms with van der Waals surface area (Å²) in [7, 11) is 0. The van der Waals surface area contributed by atoms with Crippen LogP contribution in [0.15, 0.2) is 12.3 Å². The summed E-state index contributed by atoms with van der Waals surface area (Å²) in [5, 5.41) is 0. The van der Waals surface area contributed by atoms with Gasteiger partial charge in [-0.2, -0.15) is 0 Å². The van der Waals surface area contributed by atoms with Gasteiger partial charge in [-0.05, 0) is 40.3 Å². The first-order valence-corrected chi connectivity index (χ1v) is 4.42. The van der Waals surface area contributed by atoms with Crippen molar-refractivity contribution in [3.63, 3.8) is 0 Å². The van der Waals surface area contributed by atoms with Crippen LogP contribution in [0.5, 0.6) is 0 Å². The molecule has 0 heterocycles. The molecular formula is C10H21N. The van der Waals surface area contributed by atoms with Crippen LogP contribution in [0.4, 0.5) is 0 Å². The quantitative estimate of drug-likeness (QED) is 0.605. The van der Waals surface area contributed by atoms with E-state index in [0.717, 1.165) is 6.54 Å². The third-order valence-corrected chi connectivity index (χ3v) is 1.66. The molecule has 0 aliphatic heterocycles. The van der Waals surface area contributed by atoms with Gasteiger partial charge in [0.2, 0.25) is 0 Å². The number of nitrogens with zero attached hydrogens (tertiary/aromatic N) is 1. The van der Waals surface area contributed by atoms with Gasteiger partial charge in [0.25, 0.3) is 0 Å². The maximum atomic E-state index is 2.37. The maximum Gasteiger partial charge on any atom is 0.0312 e. The fraction of sp³-hybridized carbons (Fsp3) is 0.800. The molecule has 0 atom stereocenters.